The zero-order chi connectivity index (χ0) is 13.2. The standard InChI is InChI=1S/C13H18ClN3O/c1-13(2)5-3-4-9(6-13)17-12-10(7-18)11(14)15-8-16-12/h7-9H,3-6H2,1-2H3,(H,15,16,17). The predicted octanol–water partition coefficient (Wildman–Crippen LogP) is 3.32. The smallest absolute Gasteiger partial charge is 0.156 e. The summed E-state index contributed by atoms with van der Waals surface area (Å²) >= 11 is 5.88. The van der Waals surface area contributed by atoms with E-state index < -0.39 is 0 Å². The second-order valence-corrected chi connectivity index (χ2v) is 6.00. The molecule has 1 N–H and O–H groups in total. The fraction of sp³-hybridized carbons (Fsp3) is 0.615. The third kappa shape index (κ3) is 2.99. The molecular formula is C13H18ClN3O. The van der Waals surface area contributed by atoms with Crippen molar-refractivity contribution in [2.24, 2.45) is 5.41 Å². The Morgan fingerprint density at radius 1 is 1.50 bits per heavy atom. The number of carbonyl (C=O) groups is 1. The molecule has 0 amide bonds. The maximum Gasteiger partial charge on any atom is 0.156 e. The van der Waals surface area contributed by atoms with Crippen LogP contribution in [0, 0.1) is 5.41 Å². The third-order valence-electron chi connectivity index (χ3n) is 3.50. The maximum atomic E-state index is 11.0. The van der Waals surface area contributed by atoms with E-state index >= 15 is 0 Å². The molecular weight excluding hydrogens is 250 g/mol. The van der Waals surface area contributed by atoms with E-state index in [4.69, 9.17) is 11.6 Å². The number of rotatable bonds is 3. The van der Waals surface area contributed by atoms with Crippen molar-refractivity contribution in [1.82, 2.24) is 9.97 Å². The number of hydrogen-bond acceptors (Lipinski definition) is 4. The Kier molecular flexibility index (Phi) is 3.85. The van der Waals surface area contributed by atoms with Crippen LogP contribution in [0.4, 0.5) is 5.82 Å². The summed E-state index contributed by atoms with van der Waals surface area (Å²) in [4.78, 5) is 18.9. The summed E-state index contributed by atoms with van der Waals surface area (Å²) in [5.74, 6) is 0.549. The summed E-state index contributed by atoms with van der Waals surface area (Å²) in [6.45, 7) is 4.54. The molecule has 5 heteroatoms. The van der Waals surface area contributed by atoms with Gasteiger partial charge in [0.2, 0.25) is 0 Å². The average molecular weight is 268 g/mol. The summed E-state index contributed by atoms with van der Waals surface area (Å²) in [6.07, 6.45) is 6.71. The number of nitrogens with zero attached hydrogens (tertiary/aromatic N) is 2. The van der Waals surface area contributed by atoms with E-state index in [0.29, 0.717) is 29.1 Å². The second-order valence-electron chi connectivity index (χ2n) is 5.65. The minimum atomic E-state index is 0.206. The lowest BCUT2D eigenvalue weighted by atomic mass is 9.75. The molecule has 18 heavy (non-hydrogen) atoms. The van der Waals surface area contributed by atoms with Gasteiger partial charge < -0.3 is 5.32 Å². The van der Waals surface area contributed by atoms with Crippen LogP contribution in [0.15, 0.2) is 6.33 Å². The number of aldehydes is 1. The van der Waals surface area contributed by atoms with Crippen molar-refractivity contribution >= 4 is 23.7 Å². The highest BCUT2D eigenvalue weighted by molar-refractivity contribution is 6.32. The predicted molar refractivity (Wildman–Crippen MR) is 72.1 cm³/mol. The Morgan fingerprint density at radius 2 is 2.28 bits per heavy atom. The number of carbonyl (C=O) groups excluding carboxylic acids is 1. The van der Waals surface area contributed by atoms with Crippen LogP contribution in [0.5, 0.6) is 0 Å². The highest BCUT2D eigenvalue weighted by atomic mass is 35.5. The molecule has 1 atom stereocenters. The Hall–Kier alpha value is -1.16. The van der Waals surface area contributed by atoms with Gasteiger partial charge in [-0.05, 0) is 24.7 Å². The first-order valence-corrected chi connectivity index (χ1v) is 6.62. The van der Waals surface area contributed by atoms with Gasteiger partial charge in [-0.2, -0.15) is 0 Å². The van der Waals surface area contributed by atoms with Gasteiger partial charge >= 0.3 is 0 Å². The fourth-order valence-electron chi connectivity index (χ4n) is 2.61. The number of hydrogen-bond donors (Lipinski definition) is 1. The van der Waals surface area contributed by atoms with Gasteiger partial charge in [0.1, 0.15) is 17.3 Å². The van der Waals surface area contributed by atoms with Crippen LogP contribution in [0.1, 0.15) is 49.9 Å². The van der Waals surface area contributed by atoms with Crippen molar-refractivity contribution < 1.29 is 4.79 Å². The molecule has 98 valence electrons. The summed E-state index contributed by atoms with van der Waals surface area (Å²) in [6, 6.07) is 0.346. The van der Waals surface area contributed by atoms with Crippen molar-refractivity contribution in [2.75, 3.05) is 5.32 Å². The Morgan fingerprint density at radius 3 is 2.94 bits per heavy atom. The molecule has 0 aliphatic heterocycles. The van der Waals surface area contributed by atoms with Gasteiger partial charge in [0.25, 0.3) is 0 Å². The molecule has 1 aromatic rings. The molecule has 1 aromatic heterocycles. The van der Waals surface area contributed by atoms with Crippen LogP contribution >= 0.6 is 11.6 Å². The first kappa shape index (κ1) is 13.3. The SMILES string of the molecule is CC1(C)CCCC(Nc2ncnc(Cl)c2C=O)C1. The van der Waals surface area contributed by atoms with Crippen LogP contribution in [-0.2, 0) is 0 Å². The summed E-state index contributed by atoms with van der Waals surface area (Å²) in [5.41, 5.74) is 0.691. The minimum absolute atomic E-state index is 0.206. The van der Waals surface area contributed by atoms with Gasteiger partial charge in [0.15, 0.2) is 6.29 Å². The van der Waals surface area contributed by atoms with Gasteiger partial charge in [0.05, 0.1) is 5.56 Å². The van der Waals surface area contributed by atoms with E-state index in [1.807, 2.05) is 0 Å². The lowest BCUT2D eigenvalue weighted by molar-refractivity contribution is 0.112. The van der Waals surface area contributed by atoms with Crippen molar-refractivity contribution in [3.8, 4) is 0 Å². The molecule has 0 bridgehead atoms. The average Bonchev–Trinajstić information content (AvgIpc) is 2.28. The molecule has 0 radical (unpaired) electrons. The first-order chi connectivity index (χ1) is 8.52. The zero-order valence-electron chi connectivity index (χ0n) is 10.7. The molecule has 4 nitrogen and oxygen atoms in total. The van der Waals surface area contributed by atoms with Crippen LogP contribution in [0.25, 0.3) is 0 Å². The number of nitrogens with one attached hydrogen (secondary N) is 1. The Balaban J connectivity index is 2.14. The molecule has 0 aromatic carbocycles. The van der Waals surface area contributed by atoms with Crippen LogP contribution in [0.3, 0.4) is 0 Å². The van der Waals surface area contributed by atoms with E-state index in [1.165, 1.54) is 19.2 Å². The Labute approximate surface area is 112 Å². The molecule has 1 unspecified atom stereocenters. The number of halogens is 1. The van der Waals surface area contributed by atoms with Gasteiger partial charge in [-0.15, -0.1) is 0 Å². The van der Waals surface area contributed by atoms with Gasteiger partial charge in [0, 0.05) is 6.04 Å². The Bertz CT molecular complexity index is 448. The first-order valence-electron chi connectivity index (χ1n) is 6.24. The van der Waals surface area contributed by atoms with Crippen LogP contribution < -0.4 is 5.32 Å². The van der Waals surface area contributed by atoms with Gasteiger partial charge in [-0.3, -0.25) is 4.79 Å². The highest BCUT2D eigenvalue weighted by Crippen LogP contribution is 2.36. The van der Waals surface area contributed by atoms with E-state index in [-0.39, 0.29) is 5.15 Å². The van der Waals surface area contributed by atoms with E-state index in [0.717, 1.165) is 12.8 Å². The molecule has 2 rings (SSSR count). The van der Waals surface area contributed by atoms with E-state index in [1.54, 1.807) is 0 Å². The van der Waals surface area contributed by atoms with Crippen molar-refractivity contribution in [2.45, 2.75) is 45.6 Å². The molecule has 0 saturated heterocycles. The lowest BCUT2D eigenvalue weighted by Crippen LogP contribution is -2.32. The van der Waals surface area contributed by atoms with Gasteiger partial charge in [-0.25, -0.2) is 9.97 Å². The molecule has 0 spiro atoms. The monoisotopic (exact) mass is 267 g/mol. The molecule has 1 aliphatic carbocycles. The second kappa shape index (κ2) is 5.22. The summed E-state index contributed by atoms with van der Waals surface area (Å²) in [7, 11) is 0. The van der Waals surface area contributed by atoms with Crippen LogP contribution in [0.2, 0.25) is 5.15 Å². The molecule has 1 heterocycles. The molecule has 1 fully saturated rings. The van der Waals surface area contributed by atoms with Crippen molar-refractivity contribution in [1.29, 1.82) is 0 Å². The highest BCUT2D eigenvalue weighted by Gasteiger charge is 2.28. The van der Waals surface area contributed by atoms with Gasteiger partial charge in [-0.1, -0.05) is 31.9 Å². The quantitative estimate of drug-likeness (QED) is 0.674. The van der Waals surface area contributed by atoms with E-state index in [9.17, 15) is 4.79 Å². The summed E-state index contributed by atoms with van der Waals surface area (Å²) in [5, 5.41) is 3.54. The number of aromatic nitrogens is 2. The van der Waals surface area contributed by atoms with Crippen LogP contribution in [-0.4, -0.2) is 22.3 Å². The number of anilines is 1. The molecule has 1 saturated carbocycles. The largest absolute Gasteiger partial charge is 0.367 e. The third-order valence-corrected chi connectivity index (χ3v) is 3.80. The normalized spacial score (nSPS) is 22.5. The molecule has 1 aliphatic rings. The minimum Gasteiger partial charge on any atom is -0.367 e. The summed E-state index contributed by atoms with van der Waals surface area (Å²) < 4.78 is 0. The van der Waals surface area contributed by atoms with Crippen molar-refractivity contribution in [3.63, 3.8) is 0 Å². The van der Waals surface area contributed by atoms with E-state index in [2.05, 4.69) is 29.1 Å². The lowest BCUT2D eigenvalue weighted by Gasteiger charge is -2.35. The topological polar surface area (TPSA) is 54.9 Å². The zero-order valence-corrected chi connectivity index (χ0v) is 11.5. The van der Waals surface area contributed by atoms with Crippen molar-refractivity contribution in [3.05, 3.63) is 17.0 Å². The fourth-order valence-corrected chi connectivity index (χ4v) is 2.79. The maximum absolute atomic E-state index is 11.0.